The van der Waals surface area contributed by atoms with E-state index in [9.17, 15) is 0 Å². The van der Waals surface area contributed by atoms with Crippen LogP contribution in [-0.4, -0.2) is 11.1 Å². The zero-order valence-corrected chi connectivity index (χ0v) is 24.7. The molecule has 2 heteroatoms. The molecule has 0 amide bonds. The first kappa shape index (κ1) is 25.6. The van der Waals surface area contributed by atoms with E-state index >= 15 is 0 Å². The molecule has 0 spiro atoms. The lowest BCUT2D eigenvalue weighted by Crippen LogP contribution is -2.31. The summed E-state index contributed by atoms with van der Waals surface area (Å²) in [6.45, 7) is 0. The van der Waals surface area contributed by atoms with Crippen LogP contribution in [0.1, 0.15) is 5.56 Å². The standard InChI is InChI=1S/C43H30N2/c1-2-10-29(11-3-1)30-17-19-31(20-18-30)42-36-12-4-6-14-38(36)43(39-15-7-5-13-37(39)42)35-24-22-32-26-34(23-21-33(32)27-35)40-28-45-25-9-8-16-41(45)44-40/h1-28,41,44H. The summed E-state index contributed by atoms with van der Waals surface area (Å²) >= 11 is 0. The maximum absolute atomic E-state index is 3.63. The molecular formula is C43H30N2. The topological polar surface area (TPSA) is 15.3 Å². The second-order valence-electron chi connectivity index (χ2n) is 11.9. The Morgan fingerprint density at radius 1 is 0.444 bits per heavy atom. The number of benzene rings is 7. The smallest absolute Gasteiger partial charge is 0.122 e. The number of hydrogen-bond acceptors (Lipinski definition) is 2. The van der Waals surface area contributed by atoms with Crippen LogP contribution in [0.25, 0.3) is 71.4 Å². The van der Waals surface area contributed by atoms with Gasteiger partial charge < -0.3 is 10.2 Å². The van der Waals surface area contributed by atoms with E-state index in [4.69, 9.17) is 0 Å². The van der Waals surface area contributed by atoms with E-state index in [0.29, 0.717) is 0 Å². The Kier molecular flexibility index (Phi) is 5.92. The van der Waals surface area contributed by atoms with Gasteiger partial charge in [-0.05, 0) is 95.5 Å². The monoisotopic (exact) mass is 574 g/mol. The van der Waals surface area contributed by atoms with Crippen molar-refractivity contribution < 1.29 is 0 Å². The molecule has 2 aliphatic heterocycles. The molecule has 2 nitrogen and oxygen atoms in total. The number of nitrogens with one attached hydrogen (secondary N) is 1. The summed E-state index contributed by atoms with van der Waals surface area (Å²) in [5.41, 5.74) is 9.85. The Morgan fingerprint density at radius 2 is 0.956 bits per heavy atom. The van der Waals surface area contributed by atoms with Gasteiger partial charge >= 0.3 is 0 Å². The molecular weight excluding hydrogens is 544 g/mol. The summed E-state index contributed by atoms with van der Waals surface area (Å²) in [5, 5.41) is 11.2. The van der Waals surface area contributed by atoms with Crippen molar-refractivity contribution in [1.82, 2.24) is 10.2 Å². The number of nitrogens with zero attached hydrogens (tertiary/aromatic N) is 1. The Bertz CT molecular complexity index is 2290. The van der Waals surface area contributed by atoms with E-state index in [1.165, 1.54) is 71.3 Å². The van der Waals surface area contributed by atoms with Crippen molar-refractivity contribution in [2.45, 2.75) is 6.17 Å². The highest BCUT2D eigenvalue weighted by molar-refractivity contribution is 6.21. The zero-order chi connectivity index (χ0) is 29.7. The Morgan fingerprint density at radius 3 is 1.60 bits per heavy atom. The third-order valence-corrected chi connectivity index (χ3v) is 9.22. The van der Waals surface area contributed by atoms with Gasteiger partial charge in [0.1, 0.15) is 6.17 Å². The lowest BCUT2D eigenvalue weighted by molar-refractivity contribution is 0.427. The first-order valence-electron chi connectivity index (χ1n) is 15.5. The van der Waals surface area contributed by atoms with E-state index in [1.54, 1.807) is 0 Å². The number of rotatable bonds is 4. The maximum Gasteiger partial charge on any atom is 0.122 e. The minimum Gasteiger partial charge on any atom is -0.360 e. The van der Waals surface area contributed by atoms with Gasteiger partial charge in [-0.25, -0.2) is 0 Å². The molecule has 0 saturated carbocycles. The first-order chi connectivity index (χ1) is 22.3. The van der Waals surface area contributed by atoms with Crippen molar-refractivity contribution >= 4 is 38.0 Å². The van der Waals surface area contributed by atoms with Crippen molar-refractivity contribution in [1.29, 1.82) is 0 Å². The third-order valence-electron chi connectivity index (χ3n) is 9.22. The van der Waals surface area contributed by atoms with Gasteiger partial charge in [0.2, 0.25) is 0 Å². The molecule has 1 atom stereocenters. The predicted octanol–water partition coefficient (Wildman–Crippen LogP) is 10.8. The first-order valence-corrected chi connectivity index (χ1v) is 15.5. The molecule has 0 aliphatic carbocycles. The lowest BCUT2D eigenvalue weighted by atomic mass is 9.85. The second-order valence-corrected chi connectivity index (χ2v) is 11.9. The van der Waals surface area contributed by atoms with Gasteiger partial charge in [-0.15, -0.1) is 0 Å². The van der Waals surface area contributed by atoms with Crippen LogP contribution < -0.4 is 5.32 Å². The zero-order valence-electron chi connectivity index (χ0n) is 24.7. The highest BCUT2D eigenvalue weighted by atomic mass is 15.3. The molecule has 212 valence electrons. The van der Waals surface area contributed by atoms with E-state index in [1.807, 2.05) is 0 Å². The summed E-state index contributed by atoms with van der Waals surface area (Å²) in [6, 6.07) is 51.1. The number of fused-ring (bicyclic) bond motifs is 4. The fourth-order valence-electron chi connectivity index (χ4n) is 7.04. The van der Waals surface area contributed by atoms with Crippen LogP contribution in [0.3, 0.4) is 0 Å². The molecule has 0 bridgehead atoms. The van der Waals surface area contributed by atoms with Crippen molar-refractivity contribution in [3.8, 4) is 33.4 Å². The average molecular weight is 575 g/mol. The van der Waals surface area contributed by atoms with Crippen LogP contribution in [0, 0.1) is 0 Å². The Hall–Kier alpha value is -5.86. The van der Waals surface area contributed by atoms with Crippen LogP contribution in [0.4, 0.5) is 0 Å². The molecule has 7 aromatic carbocycles. The second kappa shape index (κ2) is 10.4. The average Bonchev–Trinajstić information content (AvgIpc) is 3.55. The highest BCUT2D eigenvalue weighted by Crippen LogP contribution is 2.44. The largest absolute Gasteiger partial charge is 0.360 e. The van der Waals surface area contributed by atoms with Crippen molar-refractivity contribution in [3.05, 3.63) is 176 Å². The fourth-order valence-corrected chi connectivity index (χ4v) is 7.04. The summed E-state index contributed by atoms with van der Waals surface area (Å²) < 4.78 is 0. The molecule has 1 unspecified atom stereocenters. The predicted molar refractivity (Wildman–Crippen MR) is 190 cm³/mol. The van der Waals surface area contributed by atoms with Gasteiger partial charge in [0, 0.05) is 12.4 Å². The number of allylic oxidation sites excluding steroid dienone is 2. The quantitative estimate of drug-likeness (QED) is 0.210. The van der Waals surface area contributed by atoms with Crippen LogP contribution in [-0.2, 0) is 0 Å². The molecule has 0 saturated heterocycles. The fraction of sp³-hybridized carbons (Fsp3) is 0.0233. The summed E-state index contributed by atoms with van der Waals surface area (Å²) in [5.74, 6) is 0. The maximum atomic E-state index is 3.63. The van der Waals surface area contributed by atoms with Gasteiger partial charge in [-0.2, -0.15) is 0 Å². The van der Waals surface area contributed by atoms with Gasteiger partial charge in [0.05, 0.1) is 5.70 Å². The van der Waals surface area contributed by atoms with Gasteiger partial charge in [-0.1, -0.05) is 133 Å². The van der Waals surface area contributed by atoms with Crippen LogP contribution in [0.15, 0.2) is 170 Å². The minimum atomic E-state index is 0.189. The molecule has 0 radical (unpaired) electrons. The van der Waals surface area contributed by atoms with Gasteiger partial charge in [0.25, 0.3) is 0 Å². The van der Waals surface area contributed by atoms with Crippen LogP contribution in [0.2, 0.25) is 0 Å². The molecule has 0 aromatic heterocycles. The third kappa shape index (κ3) is 4.34. The molecule has 45 heavy (non-hydrogen) atoms. The summed E-state index contributed by atoms with van der Waals surface area (Å²) in [6.07, 6.45) is 10.8. The minimum absolute atomic E-state index is 0.189. The molecule has 7 aromatic rings. The molecule has 9 rings (SSSR count). The van der Waals surface area contributed by atoms with E-state index in [-0.39, 0.29) is 6.17 Å². The van der Waals surface area contributed by atoms with Crippen molar-refractivity contribution in [2.75, 3.05) is 0 Å². The molecule has 2 aliphatic rings. The van der Waals surface area contributed by atoms with Gasteiger partial charge in [-0.3, -0.25) is 0 Å². The molecule has 2 heterocycles. The normalized spacial score (nSPS) is 15.4. The van der Waals surface area contributed by atoms with Gasteiger partial charge in [0.15, 0.2) is 0 Å². The SMILES string of the molecule is C1=CC2NC(c3ccc4cc(-c5c6ccccc6c(-c6ccc(-c7ccccc7)cc6)c6ccccc56)ccc4c3)=CN2C=C1. The lowest BCUT2D eigenvalue weighted by Gasteiger charge is -2.20. The van der Waals surface area contributed by atoms with Crippen molar-refractivity contribution in [3.63, 3.8) is 0 Å². The Balaban J connectivity index is 1.17. The van der Waals surface area contributed by atoms with Crippen LogP contribution >= 0.6 is 0 Å². The molecule has 0 fully saturated rings. The van der Waals surface area contributed by atoms with E-state index in [2.05, 4.69) is 180 Å². The van der Waals surface area contributed by atoms with Crippen LogP contribution in [0.5, 0.6) is 0 Å². The van der Waals surface area contributed by atoms with E-state index < -0.39 is 0 Å². The summed E-state index contributed by atoms with van der Waals surface area (Å²) in [4.78, 5) is 2.21. The highest BCUT2D eigenvalue weighted by Gasteiger charge is 2.22. The Labute approximate surface area is 262 Å². The summed E-state index contributed by atoms with van der Waals surface area (Å²) in [7, 11) is 0. The molecule has 1 N–H and O–H groups in total. The van der Waals surface area contributed by atoms with Crippen molar-refractivity contribution in [2.24, 2.45) is 0 Å². The number of hydrogen-bond donors (Lipinski definition) is 1. The van der Waals surface area contributed by atoms with E-state index in [0.717, 1.165) is 5.70 Å².